The molecule has 2 aliphatic rings. The predicted octanol–water partition coefficient (Wildman–Crippen LogP) is 4.88. The van der Waals surface area contributed by atoms with E-state index in [2.05, 4.69) is 15.3 Å². The van der Waals surface area contributed by atoms with E-state index >= 15 is 0 Å². The van der Waals surface area contributed by atoms with Gasteiger partial charge in [-0.3, -0.25) is 4.57 Å². The van der Waals surface area contributed by atoms with Gasteiger partial charge in [0.15, 0.2) is 5.65 Å². The fraction of sp³-hybridized carbons (Fsp3) is 0.684. The van der Waals surface area contributed by atoms with Crippen molar-refractivity contribution in [3.63, 3.8) is 0 Å². The molecule has 8 heteroatoms. The number of rotatable bonds is 5. The Bertz CT molecular complexity index is 794. The number of pyridine rings is 1. The third kappa shape index (κ3) is 3.90. The van der Waals surface area contributed by atoms with Gasteiger partial charge in [0.2, 0.25) is 5.95 Å². The van der Waals surface area contributed by atoms with E-state index in [0.29, 0.717) is 23.8 Å². The highest BCUT2D eigenvalue weighted by Crippen LogP contribution is 2.38. The Balaban J connectivity index is 1.61. The van der Waals surface area contributed by atoms with Gasteiger partial charge in [-0.25, -0.2) is 9.97 Å². The van der Waals surface area contributed by atoms with Crippen LogP contribution in [0.5, 0.6) is 0 Å². The van der Waals surface area contributed by atoms with E-state index in [1.165, 1.54) is 25.3 Å². The molecular weight excluding hydrogens is 357 g/mol. The van der Waals surface area contributed by atoms with Crippen molar-refractivity contribution >= 4 is 17.1 Å². The summed E-state index contributed by atoms with van der Waals surface area (Å²) in [7, 11) is 0. The Morgan fingerprint density at radius 1 is 1.07 bits per heavy atom. The topological polar surface area (TPSA) is 63.0 Å². The number of nitrogens with zero attached hydrogens (tertiary/aromatic N) is 3. The maximum Gasteiger partial charge on any atom is 0.433 e. The molecule has 148 valence electrons. The lowest BCUT2D eigenvalue weighted by molar-refractivity contribution is -0.141. The monoisotopic (exact) mass is 382 g/mol. The molecule has 2 saturated carbocycles. The van der Waals surface area contributed by atoms with Crippen molar-refractivity contribution in [1.82, 2.24) is 14.5 Å². The van der Waals surface area contributed by atoms with Crippen molar-refractivity contribution in [2.24, 2.45) is 5.92 Å². The lowest BCUT2D eigenvalue weighted by Gasteiger charge is -2.30. The van der Waals surface area contributed by atoms with Crippen LogP contribution in [0.25, 0.3) is 11.2 Å². The normalized spacial score (nSPS) is 20.6. The van der Waals surface area contributed by atoms with E-state index in [0.717, 1.165) is 38.2 Å². The second kappa shape index (κ2) is 7.30. The van der Waals surface area contributed by atoms with Gasteiger partial charge in [0.25, 0.3) is 0 Å². The van der Waals surface area contributed by atoms with Gasteiger partial charge >= 0.3 is 6.18 Å². The van der Waals surface area contributed by atoms with Gasteiger partial charge in [0, 0.05) is 6.04 Å². The number of nitrogens with one attached hydrogen (secondary N) is 1. The molecule has 27 heavy (non-hydrogen) atoms. The smallest absolute Gasteiger partial charge is 0.374 e. The highest BCUT2D eigenvalue weighted by Gasteiger charge is 2.34. The second-order valence-corrected chi connectivity index (χ2v) is 7.83. The molecule has 1 unspecified atom stereocenters. The van der Waals surface area contributed by atoms with Gasteiger partial charge in [-0.15, -0.1) is 0 Å². The molecule has 0 radical (unpaired) electrons. The van der Waals surface area contributed by atoms with Crippen LogP contribution >= 0.6 is 0 Å². The summed E-state index contributed by atoms with van der Waals surface area (Å²) in [6.07, 6.45) is 4.08. The van der Waals surface area contributed by atoms with Crippen LogP contribution in [0.1, 0.15) is 69.5 Å². The molecule has 2 aromatic rings. The first-order valence-electron chi connectivity index (χ1n) is 9.82. The summed E-state index contributed by atoms with van der Waals surface area (Å²) >= 11 is 0. The Hall–Kier alpha value is -1.83. The Labute approximate surface area is 156 Å². The minimum Gasteiger partial charge on any atom is -0.374 e. The third-order valence-electron chi connectivity index (χ3n) is 5.84. The lowest BCUT2D eigenvalue weighted by Crippen LogP contribution is -2.27. The first-order valence-corrected chi connectivity index (χ1v) is 9.82. The van der Waals surface area contributed by atoms with Crippen molar-refractivity contribution in [3.8, 4) is 0 Å². The molecule has 0 bridgehead atoms. The van der Waals surface area contributed by atoms with Crippen molar-refractivity contribution in [1.29, 1.82) is 0 Å². The van der Waals surface area contributed by atoms with Gasteiger partial charge in [0.05, 0.1) is 0 Å². The maximum absolute atomic E-state index is 13.1. The van der Waals surface area contributed by atoms with Crippen molar-refractivity contribution in [2.75, 3.05) is 5.32 Å². The van der Waals surface area contributed by atoms with E-state index in [4.69, 9.17) is 0 Å². The highest BCUT2D eigenvalue weighted by molar-refractivity contribution is 5.75. The van der Waals surface area contributed by atoms with Crippen LogP contribution in [0, 0.1) is 5.92 Å². The van der Waals surface area contributed by atoms with Crippen LogP contribution in [0.15, 0.2) is 12.1 Å². The largest absolute Gasteiger partial charge is 0.433 e. The SMILES string of the molecule is OC(CC1CCCCC1)Nc1nc2ccc(C(F)(F)F)nc2n1C1CCC1. The van der Waals surface area contributed by atoms with Gasteiger partial charge in [-0.1, -0.05) is 32.1 Å². The van der Waals surface area contributed by atoms with Gasteiger partial charge in [-0.2, -0.15) is 13.2 Å². The minimum atomic E-state index is -4.49. The summed E-state index contributed by atoms with van der Waals surface area (Å²) in [6.45, 7) is 0. The van der Waals surface area contributed by atoms with Crippen LogP contribution in [0.2, 0.25) is 0 Å². The zero-order valence-corrected chi connectivity index (χ0v) is 15.2. The van der Waals surface area contributed by atoms with Crippen LogP contribution in [-0.4, -0.2) is 25.9 Å². The van der Waals surface area contributed by atoms with E-state index in [-0.39, 0.29) is 11.7 Å². The number of anilines is 1. The number of alkyl halides is 3. The summed E-state index contributed by atoms with van der Waals surface area (Å²) < 4.78 is 41.0. The van der Waals surface area contributed by atoms with Crippen LogP contribution in [-0.2, 0) is 6.18 Å². The molecule has 2 N–H and O–H groups in total. The average Bonchev–Trinajstić information content (AvgIpc) is 2.90. The van der Waals surface area contributed by atoms with Crippen LogP contribution in [0.3, 0.4) is 0 Å². The van der Waals surface area contributed by atoms with Gasteiger partial charge in [-0.05, 0) is 43.7 Å². The predicted molar refractivity (Wildman–Crippen MR) is 96.2 cm³/mol. The van der Waals surface area contributed by atoms with Crippen molar-refractivity contribution < 1.29 is 18.3 Å². The zero-order valence-electron chi connectivity index (χ0n) is 15.2. The number of aliphatic hydroxyl groups excluding tert-OH is 1. The average molecular weight is 382 g/mol. The molecule has 0 spiro atoms. The van der Waals surface area contributed by atoms with Crippen molar-refractivity contribution in [3.05, 3.63) is 17.8 Å². The van der Waals surface area contributed by atoms with Crippen LogP contribution < -0.4 is 5.32 Å². The molecule has 2 heterocycles. The molecule has 2 aliphatic carbocycles. The third-order valence-corrected chi connectivity index (χ3v) is 5.84. The van der Waals surface area contributed by atoms with Crippen LogP contribution in [0.4, 0.5) is 19.1 Å². The quantitative estimate of drug-likeness (QED) is 0.724. The molecule has 0 aliphatic heterocycles. The summed E-state index contributed by atoms with van der Waals surface area (Å²) in [6, 6.07) is 2.40. The molecule has 2 fully saturated rings. The van der Waals surface area contributed by atoms with Gasteiger partial charge < -0.3 is 10.4 Å². The number of aliphatic hydroxyl groups is 1. The van der Waals surface area contributed by atoms with E-state index in [1.54, 1.807) is 4.57 Å². The maximum atomic E-state index is 13.1. The summed E-state index contributed by atoms with van der Waals surface area (Å²) in [5.41, 5.74) is -0.256. The number of fused-ring (bicyclic) bond motifs is 1. The fourth-order valence-electron chi connectivity index (χ4n) is 4.17. The number of aromatic nitrogens is 3. The summed E-state index contributed by atoms with van der Waals surface area (Å²) in [5.74, 6) is 0.905. The fourth-order valence-corrected chi connectivity index (χ4v) is 4.17. The first-order chi connectivity index (χ1) is 12.9. The summed E-state index contributed by atoms with van der Waals surface area (Å²) in [4.78, 5) is 8.28. The molecule has 5 nitrogen and oxygen atoms in total. The lowest BCUT2D eigenvalue weighted by atomic mass is 9.86. The molecule has 1 atom stereocenters. The molecule has 2 aromatic heterocycles. The Kier molecular flexibility index (Phi) is 5.01. The minimum absolute atomic E-state index is 0.0790. The Morgan fingerprint density at radius 2 is 1.81 bits per heavy atom. The number of imidazole rings is 1. The second-order valence-electron chi connectivity index (χ2n) is 7.83. The standard InChI is InChI=1S/C19H25F3N4O/c20-19(21,22)15-10-9-14-17(24-15)26(13-7-4-8-13)18(23-14)25-16(27)11-12-5-2-1-3-6-12/h9-10,12-13,16,27H,1-8,11H2,(H,23,25). The molecule has 4 rings (SSSR count). The van der Waals surface area contributed by atoms with Gasteiger partial charge in [0.1, 0.15) is 17.4 Å². The number of hydrogen-bond acceptors (Lipinski definition) is 4. The molecule has 0 aromatic carbocycles. The van der Waals surface area contributed by atoms with E-state index < -0.39 is 18.1 Å². The summed E-state index contributed by atoms with van der Waals surface area (Å²) in [5, 5.41) is 13.5. The molecule has 0 amide bonds. The van der Waals surface area contributed by atoms with E-state index in [1.807, 2.05) is 0 Å². The number of hydrogen-bond donors (Lipinski definition) is 2. The number of halogens is 3. The Morgan fingerprint density at radius 3 is 2.44 bits per heavy atom. The van der Waals surface area contributed by atoms with Crippen molar-refractivity contribution in [2.45, 2.75) is 76.2 Å². The molecular formula is C19H25F3N4O. The molecule has 0 saturated heterocycles. The van der Waals surface area contributed by atoms with E-state index in [9.17, 15) is 18.3 Å². The highest BCUT2D eigenvalue weighted by atomic mass is 19.4. The first kappa shape index (κ1) is 18.5. The zero-order chi connectivity index (χ0) is 19.0.